The summed E-state index contributed by atoms with van der Waals surface area (Å²) in [4.78, 5) is 9.17. The molecule has 5 rings (SSSR count). The first kappa shape index (κ1) is 15.3. The molecule has 4 heteroatoms. The number of amidine groups is 1. The Morgan fingerprint density at radius 2 is 1.65 bits per heavy atom. The summed E-state index contributed by atoms with van der Waals surface area (Å²) >= 11 is 7.01. The standard InChI is InChI=1S/C22H15ClN3/c23-26-13-12-24-15-20(26)21(17-8-4-9-17)25-22(26)19-11-5-10-18(14-19)16-6-2-1-3-7-16/h1-15H/q+1. The van der Waals surface area contributed by atoms with Crippen LogP contribution in [0.4, 0.5) is 0 Å². The van der Waals surface area contributed by atoms with Crippen molar-refractivity contribution in [3.05, 3.63) is 108 Å². The van der Waals surface area contributed by atoms with Gasteiger partial charge in [0.25, 0.3) is 5.84 Å². The molecule has 0 fully saturated rings. The Morgan fingerprint density at radius 3 is 2.42 bits per heavy atom. The SMILES string of the molecule is Cl[N+]12C=CN=CC1=C(C1=CC=C1)N=C2c1cccc(-c2ccccc2)c1. The zero-order valence-corrected chi connectivity index (χ0v) is 14.6. The van der Waals surface area contributed by atoms with Crippen molar-refractivity contribution >= 4 is 23.8 Å². The first-order valence-electron chi connectivity index (χ1n) is 8.44. The monoisotopic (exact) mass is 356 g/mol. The lowest BCUT2D eigenvalue weighted by Crippen LogP contribution is -2.37. The Labute approximate surface area is 157 Å². The van der Waals surface area contributed by atoms with E-state index in [9.17, 15) is 0 Å². The molecule has 3 nitrogen and oxygen atoms in total. The van der Waals surface area contributed by atoms with Crippen LogP contribution >= 0.6 is 11.8 Å². The molecule has 2 aromatic carbocycles. The van der Waals surface area contributed by atoms with E-state index in [1.54, 1.807) is 12.4 Å². The molecule has 0 bridgehead atoms. The van der Waals surface area contributed by atoms with E-state index in [1.165, 1.54) is 5.56 Å². The number of rotatable bonds is 3. The number of hydrogen-bond donors (Lipinski definition) is 0. The van der Waals surface area contributed by atoms with Crippen LogP contribution in [0, 0.1) is 0 Å². The number of aliphatic imine (C=N–C) groups is 2. The molecular formula is C22H15ClN3+. The Morgan fingerprint density at radius 1 is 0.885 bits per heavy atom. The Balaban J connectivity index is 1.63. The van der Waals surface area contributed by atoms with E-state index < -0.39 is 0 Å². The van der Waals surface area contributed by atoms with Crippen LogP contribution in [0.2, 0.25) is 0 Å². The number of nitrogens with zero attached hydrogens (tertiary/aromatic N) is 3. The fourth-order valence-corrected chi connectivity index (χ4v) is 3.64. The molecule has 0 saturated carbocycles. The highest BCUT2D eigenvalue weighted by atomic mass is 35.5. The molecule has 0 saturated heterocycles. The highest BCUT2D eigenvalue weighted by molar-refractivity contribution is 6.20. The van der Waals surface area contributed by atoms with Gasteiger partial charge in [-0.15, -0.1) is 4.00 Å². The minimum atomic E-state index is 0.0161. The normalized spacial score (nSPS) is 22.8. The summed E-state index contributed by atoms with van der Waals surface area (Å²) in [6, 6.07) is 18.7. The fourth-order valence-electron chi connectivity index (χ4n) is 3.33. The average molecular weight is 357 g/mol. The Kier molecular flexibility index (Phi) is 3.38. The van der Waals surface area contributed by atoms with E-state index in [0.29, 0.717) is 0 Å². The summed E-state index contributed by atoms with van der Waals surface area (Å²) in [7, 11) is 0. The predicted molar refractivity (Wildman–Crippen MR) is 106 cm³/mol. The summed E-state index contributed by atoms with van der Waals surface area (Å²) in [5.41, 5.74) is 6.15. The first-order chi connectivity index (χ1) is 12.8. The topological polar surface area (TPSA) is 24.7 Å². The lowest BCUT2D eigenvalue weighted by Gasteiger charge is -2.23. The molecule has 0 N–H and O–H groups in total. The molecule has 2 aliphatic heterocycles. The zero-order chi connectivity index (χ0) is 17.6. The molecule has 0 aromatic heterocycles. The van der Waals surface area contributed by atoms with Gasteiger partial charge in [-0.1, -0.05) is 60.7 Å². The van der Waals surface area contributed by atoms with E-state index in [4.69, 9.17) is 16.8 Å². The van der Waals surface area contributed by atoms with Crippen molar-refractivity contribution in [2.75, 3.05) is 0 Å². The largest absolute Gasteiger partial charge is 0.264 e. The fraction of sp³-hybridized carbons (Fsp3) is 0. The average Bonchev–Trinajstić information content (AvgIpc) is 2.94. The number of quaternary nitrogens is 1. The van der Waals surface area contributed by atoms with Gasteiger partial charge in [-0.05, 0) is 23.3 Å². The van der Waals surface area contributed by atoms with Crippen LogP contribution in [0.25, 0.3) is 11.1 Å². The van der Waals surface area contributed by atoms with Crippen LogP contribution in [0.5, 0.6) is 0 Å². The van der Waals surface area contributed by atoms with Crippen molar-refractivity contribution in [1.82, 2.24) is 0 Å². The third-order valence-corrected chi connectivity index (χ3v) is 5.18. The second-order valence-corrected chi connectivity index (χ2v) is 6.84. The van der Waals surface area contributed by atoms with Crippen LogP contribution in [0.3, 0.4) is 0 Å². The lowest BCUT2D eigenvalue weighted by atomic mass is 10.0. The van der Waals surface area contributed by atoms with Gasteiger partial charge in [0.2, 0.25) is 5.70 Å². The van der Waals surface area contributed by atoms with Crippen LogP contribution in [0.15, 0.2) is 112 Å². The van der Waals surface area contributed by atoms with Gasteiger partial charge in [-0.3, -0.25) is 4.99 Å². The highest BCUT2D eigenvalue weighted by Gasteiger charge is 2.46. The van der Waals surface area contributed by atoms with Gasteiger partial charge in [-0.2, -0.15) is 4.99 Å². The minimum absolute atomic E-state index is 0.0161. The molecule has 1 atom stereocenters. The first-order valence-corrected chi connectivity index (χ1v) is 8.77. The summed E-state index contributed by atoms with van der Waals surface area (Å²) < 4.78 is 0.0161. The van der Waals surface area contributed by atoms with Crippen molar-refractivity contribution < 1.29 is 4.00 Å². The minimum Gasteiger partial charge on any atom is -0.253 e. The number of benzene rings is 2. The summed E-state index contributed by atoms with van der Waals surface area (Å²) in [5, 5.41) is 0. The molecule has 1 aliphatic carbocycles. The van der Waals surface area contributed by atoms with Gasteiger partial charge in [0.15, 0.2) is 11.8 Å². The second-order valence-electron chi connectivity index (χ2n) is 6.31. The maximum absolute atomic E-state index is 7.01. The van der Waals surface area contributed by atoms with E-state index in [0.717, 1.165) is 33.9 Å². The van der Waals surface area contributed by atoms with Gasteiger partial charge in [0, 0.05) is 5.57 Å². The molecule has 0 amide bonds. The van der Waals surface area contributed by atoms with Crippen LogP contribution in [-0.4, -0.2) is 16.1 Å². The summed E-state index contributed by atoms with van der Waals surface area (Å²) in [5.74, 6) is 0.790. The molecule has 1 unspecified atom stereocenters. The van der Waals surface area contributed by atoms with Crippen molar-refractivity contribution in [2.24, 2.45) is 9.98 Å². The van der Waals surface area contributed by atoms with Crippen LogP contribution in [-0.2, 0) is 0 Å². The van der Waals surface area contributed by atoms with Gasteiger partial charge in [0.1, 0.15) is 11.9 Å². The maximum Gasteiger partial charge on any atom is 0.264 e. The Hall–Kier alpha value is -3.01. The summed E-state index contributed by atoms with van der Waals surface area (Å²) in [6.45, 7) is 0. The van der Waals surface area contributed by atoms with Crippen molar-refractivity contribution in [3.8, 4) is 11.1 Å². The molecule has 124 valence electrons. The molecular weight excluding hydrogens is 342 g/mol. The van der Waals surface area contributed by atoms with E-state index >= 15 is 0 Å². The van der Waals surface area contributed by atoms with Crippen molar-refractivity contribution in [3.63, 3.8) is 0 Å². The third kappa shape index (κ3) is 2.25. The van der Waals surface area contributed by atoms with Gasteiger partial charge < -0.3 is 0 Å². The van der Waals surface area contributed by atoms with Gasteiger partial charge in [-0.25, -0.2) is 0 Å². The van der Waals surface area contributed by atoms with E-state index in [1.807, 2.05) is 48.7 Å². The molecule has 3 aliphatic rings. The second kappa shape index (κ2) is 5.77. The van der Waals surface area contributed by atoms with Crippen LogP contribution in [0.1, 0.15) is 5.56 Å². The highest BCUT2D eigenvalue weighted by Crippen LogP contribution is 2.41. The third-order valence-electron chi connectivity index (χ3n) is 4.73. The van der Waals surface area contributed by atoms with Crippen molar-refractivity contribution in [2.45, 2.75) is 0 Å². The number of halogens is 1. The van der Waals surface area contributed by atoms with Gasteiger partial charge in [0.05, 0.1) is 18.0 Å². The lowest BCUT2D eigenvalue weighted by molar-refractivity contribution is -0.599. The van der Waals surface area contributed by atoms with Gasteiger partial charge >= 0.3 is 0 Å². The van der Waals surface area contributed by atoms with E-state index in [-0.39, 0.29) is 4.00 Å². The summed E-state index contributed by atoms with van der Waals surface area (Å²) in [6.07, 6.45) is 11.5. The maximum atomic E-state index is 7.01. The predicted octanol–water partition coefficient (Wildman–Crippen LogP) is 5.35. The van der Waals surface area contributed by atoms with Crippen LogP contribution < -0.4 is 0 Å². The number of allylic oxidation sites excluding steroid dienone is 4. The Bertz CT molecular complexity index is 1090. The smallest absolute Gasteiger partial charge is 0.253 e. The van der Waals surface area contributed by atoms with E-state index in [2.05, 4.69) is 35.3 Å². The number of hydrogen-bond acceptors (Lipinski definition) is 2. The number of fused-ring (bicyclic) bond motifs is 1. The molecule has 26 heavy (non-hydrogen) atoms. The molecule has 0 spiro atoms. The quantitative estimate of drug-likeness (QED) is 0.662. The molecule has 0 radical (unpaired) electrons. The zero-order valence-electron chi connectivity index (χ0n) is 13.9. The molecule has 2 aromatic rings. The molecule has 2 heterocycles. The van der Waals surface area contributed by atoms with Crippen molar-refractivity contribution in [1.29, 1.82) is 0 Å².